The molecule has 1 aromatic rings. The van der Waals surface area contributed by atoms with Crippen molar-refractivity contribution < 1.29 is 4.79 Å². The molecular formula is C18H30N6O. The molecule has 2 bridgehead atoms. The van der Waals surface area contributed by atoms with Crippen LogP contribution in [0.15, 0.2) is 6.20 Å². The van der Waals surface area contributed by atoms with Crippen LogP contribution in [0.1, 0.15) is 31.4 Å². The fourth-order valence-electron chi connectivity index (χ4n) is 4.82. The predicted octanol–water partition coefficient (Wildman–Crippen LogP) is 0.673. The van der Waals surface area contributed by atoms with Gasteiger partial charge in [-0.3, -0.25) is 14.4 Å². The number of rotatable bonds is 5. The number of amides is 1. The maximum absolute atomic E-state index is 12.8. The second-order valence-electron chi connectivity index (χ2n) is 8.24. The molecule has 4 saturated heterocycles. The lowest BCUT2D eigenvalue weighted by atomic mass is 9.75. The Balaban J connectivity index is 1.37. The molecule has 0 spiro atoms. The lowest BCUT2D eigenvalue weighted by Crippen LogP contribution is -2.58. The first-order valence-electron chi connectivity index (χ1n) is 9.67. The molecule has 0 saturated carbocycles. The third-order valence-electron chi connectivity index (χ3n) is 6.08. The maximum Gasteiger partial charge on any atom is 0.227 e. The van der Waals surface area contributed by atoms with Crippen molar-refractivity contribution >= 4 is 5.91 Å². The van der Waals surface area contributed by atoms with Crippen molar-refractivity contribution in [2.75, 3.05) is 40.3 Å². The van der Waals surface area contributed by atoms with Crippen molar-refractivity contribution in [1.82, 2.24) is 29.7 Å². The van der Waals surface area contributed by atoms with Gasteiger partial charge in [0.2, 0.25) is 5.91 Å². The number of hydrogen-bond acceptors (Lipinski definition) is 5. The number of hydrogen-bond donors (Lipinski definition) is 0. The molecule has 1 amide bonds. The van der Waals surface area contributed by atoms with Crippen molar-refractivity contribution in [3.8, 4) is 0 Å². The van der Waals surface area contributed by atoms with Crippen LogP contribution in [0.3, 0.4) is 0 Å². The molecule has 0 aliphatic carbocycles. The molecule has 0 N–H and O–H groups in total. The van der Waals surface area contributed by atoms with Gasteiger partial charge in [-0.25, -0.2) is 0 Å². The molecule has 0 radical (unpaired) electrons. The summed E-state index contributed by atoms with van der Waals surface area (Å²) in [4.78, 5) is 19.6. The van der Waals surface area contributed by atoms with Crippen LogP contribution in [0.5, 0.6) is 0 Å². The van der Waals surface area contributed by atoms with Gasteiger partial charge < -0.3 is 9.80 Å². The molecule has 4 aliphatic heterocycles. The third-order valence-corrected chi connectivity index (χ3v) is 6.08. The predicted molar refractivity (Wildman–Crippen MR) is 94.8 cm³/mol. The number of aromatic nitrogens is 3. The number of nitrogens with zero attached hydrogens (tertiary/aromatic N) is 6. The maximum atomic E-state index is 12.8. The Kier molecular flexibility index (Phi) is 4.78. The van der Waals surface area contributed by atoms with E-state index in [0.717, 1.165) is 51.4 Å². The van der Waals surface area contributed by atoms with Gasteiger partial charge in [-0.15, -0.1) is 5.10 Å². The van der Waals surface area contributed by atoms with Crippen molar-refractivity contribution in [3.63, 3.8) is 0 Å². The Bertz CT molecular complexity index is 608. The van der Waals surface area contributed by atoms with E-state index in [1.807, 2.05) is 18.8 Å². The zero-order chi connectivity index (χ0) is 17.4. The van der Waals surface area contributed by atoms with Gasteiger partial charge in [0.25, 0.3) is 0 Å². The average Bonchev–Trinajstić information content (AvgIpc) is 3.26. The van der Waals surface area contributed by atoms with Gasteiger partial charge >= 0.3 is 0 Å². The molecule has 7 heteroatoms. The molecule has 7 nitrogen and oxygen atoms in total. The molecule has 4 unspecified atom stereocenters. The summed E-state index contributed by atoms with van der Waals surface area (Å²) in [5.41, 5.74) is 1.02. The lowest BCUT2D eigenvalue weighted by molar-refractivity contribution is -0.142. The summed E-state index contributed by atoms with van der Waals surface area (Å²) in [6.07, 6.45) is 6.71. The minimum absolute atomic E-state index is 0.225. The van der Waals surface area contributed by atoms with E-state index in [2.05, 4.69) is 31.2 Å². The van der Waals surface area contributed by atoms with E-state index in [9.17, 15) is 4.79 Å². The van der Waals surface area contributed by atoms with Crippen LogP contribution in [0.4, 0.5) is 0 Å². The fourth-order valence-corrected chi connectivity index (χ4v) is 4.82. The monoisotopic (exact) mass is 346 g/mol. The highest BCUT2D eigenvalue weighted by Gasteiger charge is 2.44. The van der Waals surface area contributed by atoms with Crippen molar-refractivity contribution in [1.29, 1.82) is 0 Å². The van der Waals surface area contributed by atoms with Crippen molar-refractivity contribution in [3.05, 3.63) is 11.9 Å². The van der Waals surface area contributed by atoms with Crippen LogP contribution < -0.4 is 0 Å². The average molecular weight is 346 g/mol. The SMILES string of the molecule is CN(C)Cc1cn(CC2CC3CCN2CC3C(=O)N2CCCC2)nn1. The second kappa shape index (κ2) is 7.03. The molecule has 5 heterocycles. The Hall–Kier alpha value is -1.47. The summed E-state index contributed by atoms with van der Waals surface area (Å²) in [6, 6.07) is 0.496. The van der Waals surface area contributed by atoms with Crippen LogP contribution in [-0.4, -0.2) is 81.9 Å². The smallest absolute Gasteiger partial charge is 0.227 e. The summed E-state index contributed by atoms with van der Waals surface area (Å²) >= 11 is 0. The number of likely N-dealkylation sites (tertiary alicyclic amines) is 1. The van der Waals surface area contributed by atoms with Crippen LogP contribution >= 0.6 is 0 Å². The summed E-state index contributed by atoms with van der Waals surface area (Å²) in [5, 5.41) is 8.57. The molecule has 25 heavy (non-hydrogen) atoms. The van der Waals surface area contributed by atoms with Crippen LogP contribution in [0.2, 0.25) is 0 Å². The Morgan fingerprint density at radius 2 is 2.08 bits per heavy atom. The zero-order valence-corrected chi connectivity index (χ0v) is 15.5. The number of carbonyl (C=O) groups is 1. The van der Waals surface area contributed by atoms with E-state index < -0.39 is 0 Å². The van der Waals surface area contributed by atoms with E-state index in [-0.39, 0.29) is 5.92 Å². The summed E-state index contributed by atoms with van der Waals surface area (Å²) in [7, 11) is 4.09. The topological polar surface area (TPSA) is 57.5 Å². The number of piperidine rings is 3. The molecule has 4 fully saturated rings. The van der Waals surface area contributed by atoms with Gasteiger partial charge in [0, 0.05) is 38.4 Å². The highest BCUT2D eigenvalue weighted by Crippen LogP contribution is 2.38. The molecule has 0 aromatic carbocycles. The highest BCUT2D eigenvalue weighted by atomic mass is 16.2. The van der Waals surface area contributed by atoms with Gasteiger partial charge in [-0.2, -0.15) is 0 Å². The first kappa shape index (κ1) is 17.0. The zero-order valence-electron chi connectivity index (χ0n) is 15.5. The quantitative estimate of drug-likeness (QED) is 0.784. The standard InChI is InChI=1S/C18H30N6O/c1-21(2)10-15-11-24(20-19-15)12-16-9-14-5-8-23(16)13-17(14)18(25)22-6-3-4-7-22/h11,14,16-17H,3-10,12-13H2,1-2H3. The Labute approximate surface area is 149 Å². The second-order valence-corrected chi connectivity index (χ2v) is 8.24. The van der Waals surface area contributed by atoms with Crippen molar-refractivity contribution in [2.45, 2.75) is 44.8 Å². The molecule has 4 atom stereocenters. The molecule has 4 aliphatic rings. The number of fused-ring (bicyclic) bond motifs is 3. The Morgan fingerprint density at radius 1 is 1.28 bits per heavy atom. The van der Waals surface area contributed by atoms with E-state index >= 15 is 0 Å². The van der Waals surface area contributed by atoms with E-state index in [4.69, 9.17) is 0 Å². The van der Waals surface area contributed by atoms with E-state index in [0.29, 0.717) is 17.9 Å². The largest absolute Gasteiger partial charge is 0.342 e. The minimum Gasteiger partial charge on any atom is -0.342 e. The third kappa shape index (κ3) is 3.58. The van der Waals surface area contributed by atoms with Gasteiger partial charge in [0.15, 0.2) is 0 Å². The summed E-state index contributed by atoms with van der Waals surface area (Å²) < 4.78 is 1.99. The minimum atomic E-state index is 0.225. The van der Waals surface area contributed by atoms with E-state index in [1.54, 1.807) is 0 Å². The molecule has 5 rings (SSSR count). The Morgan fingerprint density at radius 3 is 2.76 bits per heavy atom. The van der Waals surface area contributed by atoms with Crippen LogP contribution in [-0.2, 0) is 17.9 Å². The summed E-state index contributed by atoms with van der Waals surface area (Å²) in [5.74, 6) is 1.19. The van der Waals surface area contributed by atoms with E-state index in [1.165, 1.54) is 19.3 Å². The van der Waals surface area contributed by atoms with Gasteiger partial charge in [-0.1, -0.05) is 5.21 Å². The lowest BCUT2D eigenvalue weighted by Gasteiger charge is -2.49. The van der Waals surface area contributed by atoms with Crippen molar-refractivity contribution in [2.24, 2.45) is 11.8 Å². The van der Waals surface area contributed by atoms with Crippen LogP contribution in [0.25, 0.3) is 0 Å². The molecular weight excluding hydrogens is 316 g/mol. The molecule has 1 aromatic heterocycles. The summed E-state index contributed by atoms with van der Waals surface area (Å²) in [6.45, 7) is 5.71. The molecule has 138 valence electrons. The highest BCUT2D eigenvalue weighted by molar-refractivity contribution is 5.80. The van der Waals surface area contributed by atoms with Gasteiger partial charge in [-0.05, 0) is 52.2 Å². The first-order valence-corrected chi connectivity index (χ1v) is 9.67. The first-order chi connectivity index (χ1) is 12.1. The normalized spacial score (nSPS) is 31.9. The fraction of sp³-hybridized carbons (Fsp3) is 0.833. The van der Waals surface area contributed by atoms with Crippen LogP contribution in [0, 0.1) is 11.8 Å². The number of carbonyl (C=O) groups excluding carboxylic acids is 1. The van der Waals surface area contributed by atoms with Gasteiger partial charge in [0.05, 0.1) is 18.2 Å². The van der Waals surface area contributed by atoms with Gasteiger partial charge in [0.1, 0.15) is 0 Å².